The summed E-state index contributed by atoms with van der Waals surface area (Å²) in [6, 6.07) is 8.82. The van der Waals surface area contributed by atoms with Crippen LogP contribution < -0.4 is 5.32 Å². The first-order valence-electron chi connectivity index (χ1n) is 5.24. The number of benzene rings is 1. The normalized spacial score (nSPS) is 11.7. The van der Waals surface area contributed by atoms with Crippen LogP contribution in [0.5, 0.6) is 0 Å². The van der Waals surface area contributed by atoms with E-state index in [0.717, 1.165) is 13.0 Å². The minimum absolute atomic E-state index is 0.373. The Kier molecular flexibility index (Phi) is 3.70. The third-order valence-corrected chi connectivity index (χ3v) is 2.11. The second-order valence-corrected chi connectivity index (χ2v) is 5.09. The highest BCUT2D eigenvalue weighted by molar-refractivity contribution is 5.24. The maximum atomic E-state index is 3.17. The molecule has 0 fully saturated rings. The Morgan fingerprint density at radius 3 is 2.36 bits per heavy atom. The fraction of sp³-hybridized carbons (Fsp3) is 0.538. The van der Waals surface area contributed by atoms with Gasteiger partial charge < -0.3 is 5.32 Å². The summed E-state index contributed by atoms with van der Waals surface area (Å²) in [7, 11) is 1.98. The molecule has 0 saturated heterocycles. The zero-order valence-corrected chi connectivity index (χ0v) is 9.72. The van der Waals surface area contributed by atoms with Crippen LogP contribution in [0.15, 0.2) is 24.3 Å². The maximum Gasteiger partial charge on any atom is 0.0202 e. The molecule has 1 nitrogen and oxygen atoms in total. The van der Waals surface area contributed by atoms with Crippen molar-refractivity contribution in [3.05, 3.63) is 35.4 Å². The van der Waals surface area contributed by atoms with Gasteiger partial charge in [-0.15, -0.1) is 0 Å². The van der Waals surface area contributed by atoms with Crippen LogP contribution in [0.25, 0.3) is 0 Å². The fourth-order valence-corrected chi connectivity index (χ4v) is 1.67. The van der Waals surface area contributed by atoms with Crippen LogP contribution in [0.3, 0.4) is 0 Å². The SMILES string of the molecule is CNCc1cccc(CC(C)(C)C)c1. The van der Waals surface area contributed by atoms with Gasteiger partial charge in [0.05, 0.1) is 0 Å². The van der Waals surface area contributed by atoms with Gasteiger partial charge in [0.2, 0.25) is 0 Å². The molecule has 14 heavy (non-hydrogen) atoms. The standard InChI is InChI=1S/C13H21N/c1-13(2,3)9-11-6-5-7-12(8-11)10-14-4/h5-8,14H,9-10H2,1-4H3. The van der Waals surface area contributed by atoms with Gasteiger partial charge in [0.1, 0.15) is 0 Å². The van der Waals surface area contributed by atoms with Crippen LogP contribution in [0, 0.1) is 5.41 Å². The molecule has 1 aromatic rings. The Bertz CT molecular complexity index is 284. The average molecular weight is 191 g/mol. The van der Waals surface area contributed by atoms with Crippen molar-refractivity contribution >= 4 is 0 Å². The number of rotatable bonds is 3. The van der Waals surface area contributed by atoms with E-state index in [9.17, 15) is 0 Å². The Morgan fingerprint density at radius 1 is 1.14 bits per heavy atom. The number of hydrogen-bond acceptors (Lipinski definition) is 1. The topological polar surface area (TPSA) is 12.0 Å². The molecular formula is C13H21N. The minimum atomic E-state index is 0.373. The zero-order valence-electron chi connectivity index (χ0n) is 9.72. The molecule has 0 aliphatic heterocycles. The van der Waals surface area contributed by atoms with Crippen LogP contribution in [-0.2, 0) is 13.0 Å². The molecule has 0 radical (unpaired) electrons. The molecule has 1 rings (SSSR count). The van der Waals surface area contributed by atoms with Gasteiger partial charge in [-0.05, 0) is 30.0 Å². The molecule has 0 amide bonds. The van der Waals surface area contributed by atoms with Gasteiger partial charge in [-0.25, -0.2) is 0 Å². The Balaban J connectivity index is 2.73. The first-order valence-corrected chi connectivity index (χ1v) is 5.24. The highest BCUT2D eigenvalue weighted by Crippen LogP contribution is 2.20. The first kappa shape index (κ1) is 11.3. The number of nitrogens with one attached hydrogen (secondary N) is 1. The van der Waals surface area contributed by atoms with E-state index >= 15 is 0 Å². The van der Waals surface area contributed by atoms with Gasteiger partial charge in [0.25, 0.3) is 0 Å². The fourth-order valence-electron chi connectivity index (χ4n) is 1.67. The molecule has 0 aromatic heterocycles. The summed E-state index contributed by atoms with van der Waals surface area (Å²) >= 11 is 0. The summed E-state index contributed by atoms with van der Waals surface area (Å²) < 4.78 is 0. The van der Waals surface area contributed by atoms with Crippen molar-refractivity contribution in [3.8, 4) is 0 Å². The summed E-state index contributed by atoms with van der Waals surface area (Å²) in [5.41, 5.74) is 3.18. The lowest BCUT2D eigenvalue weighted by molar-refractivity contribution is 0.411. The van der Waals surface area contributed by atoms with E-state index in [1.807, 2.05) is 7.05 Å². The molecule has 1 heteroatoms. The Hall–Kier alpha value is -0.820. The first-order chi connectivity index (χ1) is 6.51. The van der Waals surface area contributed by atoms with E-state index in [0.29, 0.717) is 5.41 Å². The quantitative estimate of drug-likeness (QED) is 0.774. The molecule has 0 spiro atoms. The summed E-state index contributed by atoms with van der Waals surface area (Å²) in [5, 5.41) is 3.17. The molecule has 1 aromatic carbocycles. The smallest absolute Gasteiger partial charge is 0.0202 e. The minimum Gasteiger partial charge on any atom is -0.316 e. The second-order valence-electron chi connectivity index (χ2n) is 5.09. The Morgan fingerprint density at radius 2 is 1.79 bits per heavy atom. The largest absolute Gasteiger partial charge is 0.316 e. The van der Waals surface area contributed by atoms with Crippen LogP contribution in [0.4, 0.5) is 0 Å². The molecule has 0 bridgehead atoms. The van der Waals surface area contributed by atoms with Crippen molar-refractivity contribution in [1.82, 2.24) is 5.32 Å². The van der Waals surface area contributed by atoms with Gasteiger partial charge in [-0.2, -0.15) is 0 Å². The zero-order chi connectivity index (χ0) is 10.6. The third kappa shape index (κ3) is 3.93. The number of hydrogen-bond donors (Lipinski definition) is 1. The molecule has 0 aliphatic rings. The van der Waals surface area contributed by atoms with Crippen molar-refractivity contribution in [2.45, 2.75) is 33.7 Å². The lowest BCUT2D eigenvalue weighted by Gasteiger charge is -2.18. The molecule has 78 valence electrons. The molecular weight excluding hydrogens is 170 g/mol. The molecule has 0 heterocycles. The third-order valence-electron chi connectivity index (χ3n) is 2.11. The summed E-state index contributed by atoms with van der Waals surface area (Å²) in [6.07, 6.45) is 1.14. The van der Waals surface area contributed by atoms with E-state index in [4.69, 9.17) is 0 Å². The predicted octanol–water partition coefficient (Wildman–Crippen LogP) is 2.99. The molecule has 0 aliphatic carbocycles. The second kappa shape index (κ2) is 4.61. The summed E-state index contributed by atoms with van der Waals surface area (Å²) in [4.78, 5) is 0. The van der Waals surface area contributed by atoms with Crippen molar-refractivity contribution in [1.29, 1.82) is 0 Å². The van der Waals surface area contributed by atoms with E-state index < -0.39 is 0 Å². The lowest BCUT2D eigenvalue weighted by atomic mass is 9.88. The van der Waals surface area contributed by atoms with Crippen LogP contribution in [0.1, 0.15) is 31.9 Å². The van der Waals surface area contributed by atoms with Crippen molar-refractivity contribution in [3.63, 3.8) is 0 Å². The van der Waals surface area contributed by atoms with Gasteiger partial charge in [-0.1, -0.05) is 45.0 Å². The highest BCUT2D eigenvalue weighted by Gasteiger charge is 2.10. The van der Waals surface area contributed by atoms with Crippen LogP contribution in [-0.4, -0.2) is 7.05 Å². The van der Waals surface area contributed by atoms with Gasteiger partial charge in [0, 0.05) is 6.54 Å². The van der Waals surface area contributed by atoms with Gasteiger partial charge in [0.15, 0.2) is 0 Å². The van der Waals surface area contributed by atoms with Gasteiger partial charge >= 0.3 is 0 Å². The van der Waals surface area contributed by atoms with Crippen molar-refractivity contribution in [2.75, 3.05) is 7.05 Å². The molecule has 0 saturated carbocycles. The lowest BCUT2D eigenvalue weighted by Crippen LogP contribution is -2.10. The average Bonchev–Trinajstić information content (AvgIpc) is 2.02. The van der Waals surface area contributed by atoms with Gasteiger partial charge in [-0.3, -0.25) is 0 Å². The van der Waals surface area contributed by atoms with E-state index in [-0.39, 0.29) is 0 Å². The Labute approximate surface area is 87.5 Å². The van der Waals surface area contributed by atoms with E-state index in [1.54, 1.807) is 0 Å². The predicted molar refractivity (Wildman–Crippen MR) is 62.4 cm³/mol. The highest BCUT2D eigenvalue weighted by atomic mass is 14.8. The molecule has 0 atom stereocenters. The molecule has 0 unspecified atom stereocenters. The monoisotopic (exact) mass is 191 g/mol. The summed E-state index contributed by atoms with van der Waals surface area (Å²) in [5.74, 6) is 0. The van der Waals surface area contributed by atoms with E-state index in [1.165, 1.54) is 11.1 Å². The van der Waals surface area contributed by atoms with E-state index in [2.05, 4.69) is 50.4 Å². The van der Waals surface area contributed by atoms with Crippen molar-refractivity contribution in [2.24, 2.45) is 5.41 Å². The molecule has 1 N–H and O–H groups in total. The van der Waals surface area contributed by atoms with Crippen LogP contribution in [0.2, 0.25) is 0 Å². The van der Waals surface area contributed by atoms with Crippen molar-refractivity contribution < 1.29 is 0 Å². The van der Waals surface area contributed by atoms with Crippen LogP contribution >= 0.6 is 0 Å². The maximum absolute atomic E-state index is 3.17. The summed E-state index contributed by atoms with van der Waals surface area (Å²) in [6.45, 7) is 7.78.